The highest BCUT2D eigenvalue weighted by Gasteiger charge is 2.16. The summed E-state index contributed by atoms with van der Waals surface area (Å²) < 4.78 is 18.5. The van der Waals surface area contributed by atoms with Gasteiger partial charge in [-0.05, 0) is 35.2 Å². The third-order valence-corrected chi connectivity index (χ3v) is 4.57. The standard InChI is InChI=1S/C23H19FN2O/c1-16(15-17-7-13-21(24)14-8-17)23-25-22(26-27-23)20-11-9-19(10-12-20)18-5-3-2-4-6-18/h2-14,16H,15H2,1H3/t16-/m1/s1. The zero-order chi connectivity index (χ0) is 18.6. The molecular formula is C23H19FN2O. The number of hydrogen-bond donors (Lipinski definition) is 0. The van der Waals surface area contributed by atoms with Crippen molar-refractivity contribution < 1.29 is 8.91 Å². The van der Waals surface area contributed by atoms with Crippen molar-refractivity contribution >= 4 is 0 Å². The summed E-state index contributed by atoms with van der Waals surface area (Å²) in [6.07, 6.45) is 0.717. The van der Waals surface area contributed by atoms with Crippen LogP contribution in [0.1, 0.15) is 24.3 Å². The van der Waals surface area contributed by atoms with Gasteiger partial charge < -0.3 is 4.52 Å². The lowest BCUT2D eigenvalue weighted by Crippen LogP contribution is -1.99. The third kappa shape index (κ3) is 3.95. The first kappa shape index (κ1) is 17.2. The molecule has 0 aliphatic carbocycles. The molecule has 27 heavy (non-hydrogen) atoms. The molecule has 0 aliphatic rings. The van der Waals surface area contributed by atoms with E-state index in [2.05, 4.69) is 34.4 Å². The van der Waals surface area contributed by atoms with Crippen molar-refractivity contribution in [3.05, 3.63) is 96.1 Å². The van der Waals surface area contributed by atoms with Crippen molar-refractivity contribution in [2.45, 2.75) is 19.3 Å². The van der Waals surface area contributed by atoms with Gasteiger partial charge in [0.15, 0.2) is 0 Å². The van der Waals surface area contributed by atoms with Crippen LogP contribution in [0.4, 0.5) is 4.39 Å². The first-order chi connectivity index (χ1) is 13.2. The normalized spacial score (nSPS) is 12.1. The second-order valence-electron chi connectivity index (χ2n) is 6.63. The van der Waals surface area contributed by atoms with Crippen LogP contribution in [0.2, 0.25) is 0 Å². The Bertz CT molecular complexity index is 1010. The summed E-state index contributed by atoms with van der Waals surface area (Å²) >= 11 is 0. The summed E-state index contributed by atoms with van der Waals surface area (Å²) in [7, 11) is 0. The molecule has 4 heteroatoms. The van der Waals surface area contributed by atoms with Crippen molar-refractivity contribution in [1.29, 1.82) is 0 Å². The Morgan fingerprint density at radius 1 is 0.815 bits per heavy atom. The predicted molar refractivity (Wildman–Crippen MR) is 104 cm³/mol. The second kappa shape index (κ2) is 7.54. The largest absolute Gasteiger partial charge is 0.339 e. The Morgan fingerprint density at radius 3 is 2.15 bits per heavy atom. The highest BCUT2D eigenvalue weighted by Crippen LogP contribution is 2.25. The SMILES string of the molecule is C[C@H](Cc1ccc(F)cc1)c1nc(-c2ccc(-c3ccccc3)cc2)no1. The van der Waals surface area contributed by atoms with Crippen LogP contribution in [0, 0.1) is 5.82 Å². The van der Waals surface area contributed by atoms with Gasteiger partial charge in [0.25, 0.3) is 0 Å². The number of aromatic nitrogens is 2. The van der Waals surface area contributed by atoms with Crippen molar-refractivity contribution in [2.24, 2.45) is 0 Å². The van der Waals surface area contributed by atoms with Gasteiger partial charge in [0.2, 0.25) is 11.7 Å². The number of rotatable bonds is 5. The van der Waals surface area contributed by atoms with Crippen molar-refractivity contribution in [1.82, 2.24) is 10.1 Å². The maximum Gasteiger partial charge on any atom is 0.230 e. The molecule has 0 radical (unpaired) electrons. The smallest absolute Gasteiger partial charge is 0.230 e. The van der Waals surface area contributed by atoms with E-state index in [9.17, 15) is 4.39 Å². The van der Waals surface area contributed by atoms with Gasteiger partial charge in [0, 0.05) is 11.5 Å². The van der Waals surface area contributed by atoms with Gasteiger partial charge in [0.1, 0.15) is 5.82 Å². The van der Waals surface area contributed by atoms with E-state index in [1.54, 1.807) is 12.1 Å². The van der Waals surface area contributed by atoms with E-state index in [1.807, 2.05) is 37.3 Å². The fraction of sp³-hybridized carbons (Fsp3) is 0.130. The van der Waals surface area contributed by atoms with Crippen LogP contribution in [-0.4, -0.2) is 10.1 Å². The summed E-state index contributed by atoms with van der Waals surface area (Å²) in [5, 5.41) is 4.12. The Morgan fingerprint density at radius 2 is 1.44 bits per heavy atom. The van der Waals surface area contributed by atoms with Crippen molar-refractivity contribution in [2.75, 3.05) is 0 Å². The third-order valence-electron chi connectivity index (χ3n) is 4.57. The fourth-order valence-corrected chi connectivity index (χ4v) is 3.06. The minimum atomic E-state index is -0.231. The highest BCUT2D eigenvalue weighted by molar-refractivity contribution is 5.67. The van der Waals surface area contributed by atoms with Gasteiger partial charge >= 0.3 is 0 Å². The van der Waals surface area contributed by atoms with Crippen LogP contribution in [0.5, 0.6) is 0 Å². The molecule has 0 aliphatic heterocycles. The minimum Gasteiger partial charge on any atom is -0.339 e. The first-order valence-electron chi connectivity index (χ1n) is 8.93. The Hall–Kier alpha value is -3.27. The Kier molecular flexibility index (Phi) is 4.79. The molecule has 1 heterocycles. The molecule has 0 unspecified atom stereocenters. The van der Waals surface area contributed by atoms with E-state index < -0.39 is 0 Å². The summed E-state index contributed by atoms with van der Waals surface area (Å²) in [5.74, 6) is 0.989. The van der Waals surface area contributed by atoms with Crippen LogP contribution in [0.15, 0.2) is 83.4 Å². The number of halogens is 1. The minimum absolute atomic E-state index is 0.0558. The van der Waals surface area contributed by atoms with Crippen molar-refractivity contribution in [3.8, 4) is 22.5 Å². The highest BCUT2D eigenvalue weighted by atomic mass is 19.1. The van der Waals surface area contributed by atoms with E-state index in [1.165, 1.54) is 17.7 Å². The molecule has 3 aromatic carbocycles. The summed E-state index contributed by atoms with van der Waals surface area (Å²) in [6, 6.07) is 24.8. The van der Waals surface area contributed by atoms with Gasteiger partial charge in [0.05, 0.1) is 0 Å². The molecule has 0 spiro atoms. The predicted octanol–water partition coefficient (Wildman–Crippen LogP) is 5.89. The van der Waals surface area contributed by atoms with E-state index in [4.69, 9.17) is 4.52 Å². The van der Waals surface area contributed by atoms with Crippen molar-refractivity contribution in [3.63, 3.8) is 0 Å². The zero-order valence-electron chi connectivity index (χ0n) is 15.0. The van der Waals surface area contributed by atoms with Gasteiger partial charge in [-0.3, -0.25) is 0 Å². The van der Waals surface area contributed by atoms with Crippen LogP contribution in [-0.2, 0) is 6.42 Å². The van der Waals surface area contributed by atoms with Gasteiger partial charge in [-0.25, -0.2) is 4.39 Å². The Balaban J connectivity index is 1.49. The quantitative estimate of drug-likeness (QED) is 0.446. The van der Waals surface area contributed by atoms with E-state index in [0.717, 1.165) is 23.1 Å². The summed E-state index contributed by atoms with van der Waals surface area (Å²) in [6.45, 7) is 2.03. The zero-order valence-corrected chi connectivity index (χ0v) is 15.0. The number of hydrogen-bond acceptors (Lipinski definition) is 3. The molecule has 1 aromatic heterocycles. The topological polar surface area (TPSA) is 38.9 Å². The molecule has 4 rings (SSSR count). The molecule has 0 amide bonds. The van der Waals surface area contributed by atoms with Gasteiger partial charge in [-0.1, -0.05) is 78.8 Å². The Labute approximate surface area is 157 Å². The monoisotopic (exact) mass is 358 g/mol. The average molecular weight is 358 g/mol. The molecular weight excluding hydrogens is 339 g/mol. The molecule has 4 aromatic rings. The molecule has 0 saturated carbocycles. The molecule has 0 N–H and O–H groups in total. The number of benzene rings is 3. The molecule has 1 atom stereocenters. The number of nitrogens with zero attached hydrogens (tertiary/aromatic N) is 2. The maximum absolute atomic E-state index is 13.0. The molecule has 0 saturated heterocycles. The first-order valence-corrected chi connectivity index (χ1v) is 8.93. The van der Waals surface area contributed by atoms with E-state index >= 15 is 0 Å². The average Bonchev–Trinajstić information content (AvgIpc) is 3.21. The van der Waals surface area contributed by atoms with Gasteiger partial charge in [-0.2, -0.15) is 4.98 Å². The van der Waals surface area contributed by atoms with Crippen LogP contribution in [0.3, 0.4) is 0 Å². The lowest BCUT2D eigenvalue weighted by Gasteiger charge is -2.06. The van der Waals surface area contributed by atoms with Gasteiger partial charge in [-0.15, -0.1) is 0 Å². The fourth-order valence-electron chi connectivity index (χ4n) is 3.06. The van der Waals surface area contributed by atoms with E-state index in [-0.39, 0.29) is 11.7 Å². The maximum atomic E-state index is 13.0. The summed E-state index contributed by atoms with van der Waals surface area (Å²) in [5.41, 5.74) is 4.27. The second-order valence-corrected chi connectivity index (χ2v) is 6.63. The molecule has 0 bridgehead atoms. The molecule has 3 nitrogen and oxygen atoms in total. The summed E-state index contributed by atoms with van der Waals surface area (Å²) in [4.78, 5) is 4.54. The molecule has 0 fully saturated rings. The van der Waals surface area contributed by atoms with Crippen LogP contribution < -0.4 is 0 Å². The lowest BCUT2D eigenvalue weighted by atomic mass is 10.0. The molecule has 134 valence electrons. The van der Waals surface area contributed by atoms with Crippen LogP contribution in [0.25, 0.3) is 22.5 Å². The lowest BCUT2D eigenvalue weighted by molar-refractivity contribution is 0.359. The van der Waals surface area contributed by atoms with Crippen LogP contribution >= 0.6 is 0 Å². The van der Waals surface area contributed by atoms with E-state index in [0.29, 0.717) is 11.7 Å².